The van der Waals surface area contributed by atoms with Crippen LogP contribution in [-0.4, -0.2) is 42.5 Å². The van der Waals surface area contributed by atoms with Crippen molar-refractivity contribution in [1.82, 2.24) is 10.2 Å². The van der Waals surface area contributed by atoms with Crippen molar-refractivity contribution in [2.24, 2.45) is 0 Å². The third-order valence-electron chi connectivity index (χ3n) is 1.72. The molecule has 0 radical (unpaired) electrons. The van der Waals surface area contributed by atoms with Crippen LogP contribution in [0.15, 0.2) is 0 Å². The van der Waals surface area contributed by atoms with Crippen molar-refractivity contribution < 1.29 is 0 Å². The number of nitrogens with one attached hydrogen (secondary N) is 1. The molecule has 1 aliphatic heterocycles. The Morgan fingerprint density at radius 3 is 2.60 bits per heavy atom. The Morgan fingerprint density at radius 2 is 2.10 bits per heavy atom. The standard InChI is InChI=1S/C7H15BrN2/c1-7(8)6-10-4-2-9-3-5-10/h7,9H,2-6H2,1H3. The van der Waals surface area contributed by atoms with Crippen LogP contribution in [0.3, 0.4) is 0 Å². The van der Waals surface area contributed by atoms with Gasteiger partial charge >= 0.3 is 0 Å². The fraction of sp³-hybridized carbons (Fsp3) is 1.00. The minimum Gasteiger partial charge on any atom is -0.314 e. The molecule has 1 N–H and O–H groups in total. The lowest BCUT2D eigenvalue weighted by molar-refractivity contribution is 0.245. The summed E-state index contributed by atoms with van der Waals surface area (Å²) in [4.78, 5) is 3.11. The Morgan fingerprint density at radius 1 is 1.50 bits per heavy atom. The van der Waals surface area contributed by atoms with E-state index < -0.39 is 0 Å². The maximum absolute atomic E-state index is 3.55. The van der Waals surface area contributed by atoms with E-state index in [9.17, 15) is 0 Å². The predicted octanol–water partition coefficient (Wildman–Crippen LogP) is 0.675. The molecule has 0 aliphatic carbocycles. The molecule has 0 spiro atoms. The van der Waals surface area contributed by atoms with E-state index in [0.29, 0.717) is 4.83 Å². The van der Waals surface area contributed by atoms with Gasteiger partial charge in [-0.25, -0.2) is 0 Å². The molecule has 2 nitrogen and oxygen atoms in total. The van der Waals surface area contributed by atoms with Gasteiger partial charge in [-0.15, -0.1) is 0 Å². The van der Waals surface area contributed by atoms with Crippen LogP contribution >= 0.6 is 15.9 Å². The van der Waals surface area contributed by atoms with Gasteiger partial charge in [-0.2, -0.15) is 0 Å². The molecule has 60 valence electrons. The zero-order valence-corrected chi connectivity index (χ0v) is 8.02. The van der Waals surface area contributed by atoms with E-state index in [2.05, 4.69) is 33.1 Å². The van der Waals surface area contributed by atoms with Crippen LogP contribution in [-0.2, 0) is 0 Å². The monoisotopic (exact) mass is 206 g/mol. The Kier molecular flexibility index (Phi) is 3.66. The summed E-state index contributed by atoms with van der Waals surface area (Å²) in [6, 6.07) is 0. The topological polar surface area (TPSA) is 15.3 Å². The Balaban J connectivity index is 2.13. The first-order chi connectivity index (χ1) is 4.79. The predicted molar refractivity (Wildman–Crippen MR) is 47.7 cm³/mol. The molecule has 0 bridgehead atoms. The highest BCUT2D eigenvalue weighted by molar-refractivity contribution is 9.09. The van der Waals surface area contributed by atoms with E-state index >= 15 is 0 Å². The lowest BCUT2D eigenvalue weighted by atomic mass is 10.3. The van der Waals surface area contributed by atoms with E-state index in [4.69, 9.17) is 0 Å². The summed E-state index contributed by atoms with van der Waals surface area (Å²) in [6.45, 7) is 8.09. The lowest BCUT2D eigenvalue weighted by Crippen LogP contribution is -2.45. The molecule has 1 aliphatic rings. The largest absolute Gasteiger partial charge is 0.314 e. The van der Waals surface area contributed by atoms with Gasteiger partial charge in [-0.05, 0) is 0 Å². The number of halogens is 1. The molecule has 3 heteroatoms. The summed E-state index contributed by atoms with van der Waals surface area (Å²) in [5.41, 5.74) is 0. The van der Waals surface area contributed by atoms with Crippen molar-refractivity contribution in [3.63, 3.8) is 0 Å². The number of piperazine rings is 1. The zero-order valence-electron chi connectivity index (χ0n) is 6.44. The van der Waals surface area contributed by atoms with E-state index in [1.165, 1.54) is 19.6 Å². The van der Waals surface area contributed by atoms with Crippen molar-refractivity contribution in [3.8, 4) is 0 Å². The third-order valence-corrected chi connectivity index (χ3v) is 2.01. The fourth-order valence-corrected chi connectivity index (χ4v) is 1.66. The van der Waals surface area contributed by atoms with Gasteiger partial charge in [0.05, 0.1) is 0 Å². The van der Waals surface area contributed by atoms with E-state index in [0.717, 1.165) is 13.1 Å². The molecule has 1 saturated heterocycles. The summed E-state index contributed by atoms with van der Waals surface area (Å²) in [7, 11) is 0. The molecule has 0 amide bonds. The van der Waals surface area contributed by atoms with Crippen LogP contribution in [0, 0.1) is 0 Å². The second-order valence-electron chi connectivity index (χ2n) is 2.83. The quantitative estimate of drug-likeness (QED) is 0.669. The van der Waals surface area contributed by atoms with Gasteiger partial charge in [0.2, 0.25) is 0 Å². The first-order valence-electron chi connectivity index (χ1n) is 3.86. The number of rotatable bonds is 2. The van der Waals surface area contributed by atoms with Crippen LogP contribution in [0.5, 0.6) is 0 Å². The molecule has 0 aromatic rings. The van der Waals surface area contributed by atoms with Crippen LogP contribution in [0.2, 0.25) is 0 Å². The maximum Gasteiger partial charge on any atom is 0.0244 e. The molecule has 1 heterocycles. The number of hydrogen-bond donors (Lipinski definition) is 1. The molecule has 1 unspecified atom stereocenters. The first kappa shape index (κ1) is 8.50. The molecule has 0 aromatic carbocycles. The van der Waals surface area contributed by atoms with E-state index in [1.807, 2.05) is 0 Å². The van der Waals surface area contributed by atoms with E-state index in [1.54, 1.807) is 0 Å². The summed E-state index contributed by atoms with van der Waals surface area (Å²) in [6.07, 6.45) is 0. The summed E-state index contributed by atoms with van der Waals surface area (Å²) in [5, 5.41) is 3.33. The second kappa shape index (κ2) is 4.31. The first-order valence-corrected chi connectivity index (χ1v) is 4.78. The molecular formula is C7H15BrN2. The zero-order chi connectivity index (χ0) is 7.40. The molecule has 1 atom stereocenters. The smallest absolute Gasteiger partial charge is 0.0244 e. The SMILES string of the molecule is CC(Br)CN1CCNCC1. The third kappa shape index (κ3) is 2.99. The molecular weight excluding hydrogens is 192 g/mol. The molecule has 1 rings (SSSR count). The summed E-state index contributed by atoms with van der Waals surface area (Å²) in [5.74, 6) is 0. The summed E-state index contributed by atoms with van der Waals surface area (Å²) < 4.78 is 0. The highest BCUT2D eigenvalue weighted by atomic mass is 79.9. The minimum atomic E-state index is 0.630. The van der Waals surface area contributed by atoms with Crippen LogP contribution in [0.1, 0.15) is 6.92 Å². The Hall–Kier alpha value is 0.400. The highest BCUT2D eigenvalue weighted by Crippen LogP contribution is 2.01. The maximum atomic E-state index is 3.55. The molecule has 1 fully saturated rings. The van der Waals surface area contributed by atoms with Gasteiger partial charge < -0.3 is 5.32 Å². The number of alkyl halides is 1. The van der Waals surface area contributed by atoms with Gasteiger partial charge in [0.25, 0.3) is 0 Å². The van der Waals surface area contributed by atoms with Crippen molar-refractivity contribution in [3.05, 3.63) is 0 Å². The molecule has 0 saturated carbocycles. The summed E-state index contributed by atoms with van der Waals surface area (Å²) >= 11 is 3.55. The Labute approximate surface area is 71.1 Å². The van der Waals surface area contributed by atoms with Crippen molar-refractivity contribution in [2.45, 2.75) is 11.8 Å². The van der Waals surface area contributed by atoms with Gasteiger partial charge in [-0.1, -0.05) is 22.9 Å². The van der Waals surface area contributed by atoms with Gasteiger partial charge in [0, 0.05) is 37.6 Å². The number of nitrogens with zero attached hydrogens (tertiary/aromatic N) is 1. The average molecular weight is 207 g/mol. The van der Waals surface area contributed by atoms with Gasteiger partial charge in [0.15, 0.2) is 0 Å². The van der Waals surface area contributed by atoms with Crippen molar-refractivity contribution in [2.75, 3.05) is 32.7 Å². The number of hydrogen-bond acceptors (Lipinski definition) is 2. The average Bonchev–Trinajstić information content (AvgIpc) is 1.88. The Bertz CT molecular complexity index is 89.6. The van der Waals surface area contributed by atoms with E-state index in [-0.39, 0.29) is 0 Å². The normalized spacial score (nSPS) is 24.6. The van der Waals surface area contributed by atoms with Crippen molar-refractivity contribution in [1.29, 1.82) is 0 Å². The highest BCUT2D eigenvalue weighted by Gasteiger charge is 2.10. The van der Waals surface area contributed by atoms with Crippen LogP contribution < -0.4 is 5.32 Å². The van der Waals surface area contributed by atoms with Gasteiger partial charge in [-0.3, -0.25) is 4.90 Å². The minimum absolute atomic E-state index is 0.630. The molecule has 10 heavy (non-hydrogen) atoms. The lowest BCUT2D eigenvalue weighted by Gasteiger charge is -2.27. The fourth-order valence-electron chi connectivity index (χ4n) is 1.25. The molecule has 0 aromatic heterocycles. The van der Waals surface area contributed by atoms with Gasteiger partial charge in [0.1, 0.15) is 0 Å². The van der Waals surface area contributed by atoms with Crippen LogP contribution in [0.4, 0.5) is 0 Å². The second-order valence-corrected chi connectivity index (χ2v) is 4.39. The van der Waals surface area contributed by atoms with Crippen LogP contribution in [0.25, 0.3) is 0 Å². The van der Waals surface area contributed by atoms with Crippen molar-refractivity contribution >= 4 is 15.9 Å².